The summed E-state index contributed by atoms with van der Waals surface area (Å²) in [5.41, 5.74) is 6.18. The minimum atomic E-state index is -0.465. The van der Waals surface area contributed by atoms with Crippen LogP contribution in [0.2, 0.25) is 0 Å². The molecule has 3 aromatic rings. The molecule has 2 aromatic carbocycles. The summed E-state index contributed by atoms with van der Waals surface area (Å²) in [5, 5.41) is 15.0. The molecule has 1 unspecified atom stereocenters. The van der Waals surface area contributed by atoms with Gasteiger partial charge in [0.1, 0.15) is 32.2 Å². The van der Waals surface area contributed by atoms with E-state index in [4.69, 9.17) is 16.3 Å². The molecule has 0 bridgehead atoms. The van der Waals surface area contributed by atoms with E-state index < -0.39 is 4.16 Å². The zero-order chi connectivity index (χ0) is 28.2. The average Bonchev–Trinajstić information content (AvgIpc) is 2.89. The van der Waals surface area contributed by atoms with Gasteiger partial charge in [-0.05, 0) is 41.7 Å². The van der Waals surface area contributed by atoms with Crippen molar-refractivity contribution in [1.82, 2.24) is 15.0 Å². The Morgan fingerprint density at radius 1 is 1.15 bits per heavy atom. The Morgan fingerprint density at radius 2 is 1.82 bits per heavy atom. The quantitative estimate of drug-likeness (QED) is 0.0959. The number of quaternary nitrogens is 1. The number of anilines is 1. The first-order chi connectivity index (χ1) is 18.6. The van der Waals surface area contributed by atoms with Gasteiger partial charge in [-0.1, -0.05) is 61.2 Å². The van der Waals surface area contributed by atoms with Gasteiger partial charge in [0, 0.05) is 23.4 Å². The van der Waals surface area contributed by atoms with Crippen molar-refractivity contribution < 1.29 is 14.1 Å². The fourth-order valence-electron chi connectivity index (χ4n) is 4.69. The molecule has 4 rings (SSSR count). The number of nitrogens with one attached hydrogen (secondary N) is 1. The number of aromatic nitrogens is 2. The zero-order valence-corrected chi connectivity index (χ0v) is 24.9. The maximum atomic E-state index is 9.87. The fraction of sp³-hybridized carbons (Fsp3) is 0.400. The van der Waals surface area contributed by atoms with Crippen molar-refractivity contribution >= 4 is 30.4 Å². The summed E-state index contributed by atoms with van der Waals surface area (Å²) in [7, 11) is 1.60. The Bertz CT molecular complexity index is 1340. The fourth-order valence-corrected chi connectivity index (χ4v) is 4.91. The molecule has 9 heteroatoms. The van der Waals surface area contributed by atoms with Gasteiger partial charge in [0.05, 0.1) is 30.6 Å². The van der Waals surface area contributed by atoms with Crippen LogP contribution < -0.4 is 10.1 Å². The molecule has 2 heterocycles. The number of nitrogens with zero attached hydrogens (tertiary/aromatic N) is 4. The van der Waals surface area contributed by atoms with Crippen LogP contribution >= 0.6 is 24.4 Å². The van der Waals surface area contributed by atoms with Gasteiger partial charge in [0.25, 0.3) is 0 Å². The lowest BCUT2D eigenvalue weighted by Crippen LogP contribution is -2.64. The highest BCUT2D eigenvalue weighted by Crippen LogP contribution is 2.37. The Labute approximate surface area is 242 Å². The lowest BCUT2D eigenvalue weighted by molar-refractivity contribution is -1.08. The van der Waals surface area contributed by atoms with Crippen LogP contribution in [-0.4, -0.2) is 63.0 Å². The monoisotopic (exact) mass is 566 g/mol. The van der Waals surface area contributed by atoms with Crippen LogP contribution in [0.15, 0.2) is 48.8 Å². The van der Waals surface area contributed by atoms with Crippen LogP contribution in [0.25, 0.3) is 11.1 Å². The summed E-state index contributed by atoms with van der Waals surface area (Å²) >= 11 is 10.0. The first-order valence-electron chi connectivity index (χ1n) is 13.1. The highest BCUT2D eigenvalue weighted by Gasteiger charge is 2.39. The summed E-state index contributed by atoms with van der Waals surface area (Å²) in [5.74, 6) is 8.11. The Hall–Kier alpha value is -2.80. The number of rotatable bonds is 10. The minimum Gasteiger partial charge on any atom is -0.491 e. The van der Waals surface area contributed by atoms with Crippen LogP contribution in [-0.2, 0) is 11.8 Å². The van der Waals surface area contributed by atoms with Crippen LogP contribution in [0.1, 0.15) is 49.9 Å². The molecule has 1 fully saturated rings. The predicted molar refractivity (Wildman–Crippen MR) is 160 cm³/mol. The largest absolute Gasteiger partial charge is 0.491 e. The summed E-state index contributed by atoms with van der Waals surface area (Å²) < 4.78 is 5.52. The van der Waals surface area contributed by atoms with Gasteiger partial charge < -0.3 is 10.1 Å². The standard InChI is InChI=1S/C30H37ClN5O2S/c1-6-8-23-16-26(15-21(7-2)28(23)38-14-13-31)30(3,4)25-11-9-22(10-12-25)24-17-32-29(33-18-24)34-27-19-35(20-27)36(5,37)39/h9-12,15-18,27,37,39H,7,13-14,19-20H2,1-5H3,(H,32,33,34)/q+1. The van der Waals surface area contributed by atoms with Gasteiger partial charge in [0.15, 0.2) is 0 Å². The van der Waals surface area contributed by atoms with E-state index in [0.29, 0.717) is 31.5 Å². The third kappa shape index (κ3) is 6.68. The highest BCUT2D eigenvalue weighted by atomic mass is 35.5. The lowest BCUT2D eigenvalue weighted by Gasteiger charge is -2.42. The molecule has 0 spiro atoms. The number of benzene rings is 2. The van der Waals surface area contributed by atoms with Crippen molar-refractivity contribution in [3.63, 3.8) is 0 Å². The number of hydroxylamine groups is 1. The van der Waals surface area contributed by atoms with Gasteiger partial charge in [0.2, 0.25) is 5.95 Å². The van der Waals surface area contributed by atoms with Crippen molar-refractivity contribution in [2.45, 2.75) is 45.6 Å². The number of halogens is 1. The van der Waals surface area contributed by atoms with E-state index >= 15 is 0 Å². The molecule has 1 aromatic heterocycles. The molecule has 0 aliphatic carbocycles. The first-order valence-corrected chi connectivity index (χ1v) is 14.1. The van der Waals surface area contributed by atoms with Crippen molar-refractivity contribution in [1.29, 1.82) is 0 Å². The van der Waals surface area contributed by atoms with Crippen LogP contribution in [0.5, 0.6) is 5.75 Å². The molecule has 2 N–H and O–H groups in total. The number of hydrogen-bond acceptors (Lipinski definition) is 7. The lowest BCUT2D eigenvalue weighted by atomic mass is 9.76. The normalized spacial score (nSPS) is 15.6. The molecule has 1 aliphatic rings. The van der Waals surface area contributed by atoms with Crippen molar-refractivity contribution in [3.05, 3.63) is 71.0 Å². The molecule has 0 saturated carbocycles. The van der Waals surface area contributed by atoms with Crippen molar-refractivity contribution in [2.75, 3.05) is 37.9 Å². The SMILES string of the molecule is CC#Cc1cc(C(C)(C)c2ccc(-c3cnc(NC4CN([N+](C)(O)S)C4)nc3)cc2)cc(CC)c1OCCCl. The smallest absolute Gasteiger partial charge is 0.222 e. The van der Waals surface area contributed by atoms with Crippen LogP contribution in [0.4, 0.5) is 5.95 Å². The third-order valence-corrected chi connectivity index (χ3v) is 7.58. The highest BCUT2D eigenvalue weighted by molar-refractivity contribution is 7.74. The van der Waals surface area contributed by atoms with Crippen LogP contribution in [0, 0.1) is 11.8 Å². The van der Waals surface area contributed by atoms with E-state index in [1.807, 2.05) is 24.3 Å². The second-order valence-electron chi connectivity index (χ2n) is 10.4. The molecule has 1 aliphatic heterocycles. The number of ether oxygens (including phenoxy) is 1. The Balaban J connectivity index is 1.50. The first kappa shape index (κ1) is 29.2. The molecule has 206 valence electrons. The molecular weight excluding hydrogens is 530 g/mol. The minimum absolute atomic E-state index is 0.173. The van der Waals surface area contributed by atoms with Crippen LogP contribution in [0.3, 0.4) is 0 Å². The number of hydrogen-bond donors (Lipinski definition) is 3. The molecule has 0 radical (unpaired) electrons. The predicted octanol–water partition coefficient (Wildman–Crippen LogP) is 5.71. The molecule has 39 heavy (non-hydrogen) atoms. The second-order valence-corrected chi connectivity index (χ2v) is 11.5. The Morgan fingerprint density at radius 3 is 2.38 bits per heavy atom. The summed E-state index contributed by atoms with van der Waals surface area (Å²) in [4.78, 5) is 9.00. The number of aryl methyl sites for hydroxylation is 1. The Kier molecular flexibility index (Phi) is 9.10. The van der Waals surface area contributed by atoms with Gasteiger partial charge in [-0.25, -0.2) is 9.97 Å². The maximum Gasteiger partial charge on any atom is 0.222 e. The average molecular weight is 567 g/mol. The topological polar surface area (TPSA) is 70.5 Å². The molecule has 7 nitrogen and oxygen atoms in total. The van der Waals surface area contributed by atoms with E-state index in [1.54, 1.807) is 7.05 Å². The van der Waals surface area contributed by atoms with E-state index in [0.717, 1.165) is 34.4 Å². The number of alkyl halides is 1. The summed E-state index contributed by atoms with van der Waals surface area (Å²) in [6.07, 6.45) is 4.51. The van der Waals surface area contributed by atoms with Gasteiger partial charge >= 0.3 is 0 Å². The van der Waals surface area contributed by atoms with E-state index in [-0.39, 0.29) is 11.5 Å². The van der Waals surface area contributed by atoms with Gasteiger partial charge in [-0.15, -0.1) is 22.5 Å². The van der Waals surface area contributed by atoms with E-state index in [2.05, 4.69) is 97.1 Å². The van der Waals surface area contributed by atoms with E-state index in [1.165, 1.54) is 11.1 Å². The van der Waals surface area contributed by atoms with Gasteiger partial charge in [-0.3, -0.25) is 0 Å². The molecular formula is C30H37ClN5O2S+. The van der Waals surface area contributed by atoms with E-state index in [9.17, 15) is 5.21 Å². The number of thiol groups is 1. The van der Waals surface area contributed by atoms with Crippen molar-refractivity contribution in [2.24, 2.45) is 0 Å². The van der Waals surface area contributed by atoms with Crippen molar-refractivity contribution in [3.8, 4) is 28.7 Å². The molecule has 1 saturated heterocycles. The summed E-state index contributed by atoms with van der Waals surface area (Å²) in [6.45, 7) is 10.2. The molecule has 0 amide bonds. The van der Waals surface area contributed by atoms with Gasteiger partial charge in [-0.2, -0.15) is 5.21 Å². The maximum absolute atomic E-state index is 9.87. The molecule has 1 atom stereocenters. The summed E-state index contributed by atoms with van der Waals surface area (Å²) in [6, 6.07) is 13.1. The zero-order valence-electron chi connectivity index (χ0n) is 23.2. The second kappa shape index (κ2) is 12.2. The third-order valence-electron chi connectivity index (χ3n) is 7.17.